The molecule has 0 fully saturated rings. The summed E-state index contributed by atoms with van der Waals surface area (Å²) in [6.45, 7) is 4.31. The van der Waals surface area contributed by atoms with Crippen LogP contribution in [0.25, 0.3) is 16.6 Å². The topological polar surface area (TPSA) is 64.4 Å². The number of hydrogen-bond acceptors (Lipinski definition) is 5. The summed E-state index contributed by atoms with van der Waals surface area (Å²) in [7, 11) is 1.75. The second kappa shape index (κ2) is 9.92. The molecule has 6 nitrogen and oxygen atoms in total. The average molecular weight is 460 g/mol. The van der Waals surface area contributed by atoms with Gasteiger partial charge < -0.3 is 9.64 Å². The van der Waals surface area contributed by atoms with Crippen molar-refractivity contribution in [2.75, 3.05) is 18.6 Å². The number of carbonyl (C=O) groups excluding carboxylic acids is 1. The van der Waals surface area contributed by atoms with Gasteiger partial charge in [0.25, 0.3) is 5.56 Å². The van der Waals surface area contributed by atoms with Gasteiger partial charge in [0.15, 0.2) is 5.16 Å². The smallest absolute Gasteiger partial charge is 0.266 e. The molecule has 0 radical (unpaired) electrons. The molecule has 0 spiro atoms. The Labute approximate surface area is 196 Å². The Morgan fingerprint density at radius 1 is 1.03 bits per heavy atom. The zero-order valence-corrected chi connectivity index (χ0v) is 19.6. The number of hydrogen-bond donors (Lipinski definition) is 0. The quantitative estimate of drug-likeness (QED) is 0.290. The van der Waals surface area contributed by atoms with Crippen molar-refractivity contribution in [3.63, 3.8) is 0 Å². The SMILES string of the molecule is CCOc1ccc(-n2c(SC(C)C(=O)N(C)c3ccccc3)nc3ccccc3c2=O)cc1. The minimum Gasteiger partial charge on any atom is -0.494 e. The maximum Gasteiger partial charge on any atom is 0.266 e. The zero-order valence-electron chi connectivity index (χ0n) is 18.8. The zero-order chi connectivity index (χ0) is 23.4. The Morgan fingerprint density at radius 2 is 1.70 bits per heavy atom. The fourth-order valence-electron chi connectivity index (χ4n) is 3.54. The summed E-state index contributed by atoms with van der Waals surface area (Å²) in [5.41, 5.74) is 1.90. The predicted molar refractivity (Wildman–Crippen MR) is 134 cm³/mol. The normalized spacial score (nSPS) is 11.8. The molecular formula is C26H25N3O3S. The van der Waals surface area contributed by atoms with Crippen LogP contribution in [0.5, 0.6) is 5.75 Å². The van der Waals surface area contributed by atoms with Gasteiger partial charge in [-0.05, 0) is 62.4 Å². The molecule has 1 unspecified atom stereocenters. The number of rotatable bonds is 7. The van der Waals surface area contributed by atoms with E-state index in [2.05, 4.69) is 0 Å². The van der Waals surface area contributed by atoms with Gasteiger partial charge in [-0.2, -0.15) is 0 Å². The van der Waals surface area contributed by atoms with Gasteiger partial charge in [-0.1, -0.05) is 42.1 Å². The summed E-state index contributed by atoms with van der Waals surface area (Å²) in [6, 6.07) is 24.0. The molecule has 4 rings (SSSR count). The summed E-state index contributed by atoms with van der Waals surface area (Å²) >= 11 is 1.27. The highest BCUT2D eigenvalue weighted by Gasteiger charge is 2.23. The molecule has 168 valence electrons. The summed E-state index contributed by atoms with van der Waals surface area (Å²) in [4.78, 5) is 33.0. The van der Waals surface area contributed by atoms with Gasteiger partial charge in [0.1, 0.15) is 5.75 Å². The van der Waals surface area contributed by atoms with Crippen LogP contribution in [0.3, 0.4) is 0 Å². The van der Waals surface area contributed by atoms with Gasteiger partial charge in [-0.15, -0.1) is 0 Å². The van der Waals surface area contributed by atoms with Crippen molar-refractivity contribution in [2.24, 2.45) is 0 Å². The van der Waals surface area contributed by atoms with E-state index >= 15 is 0 Å². The molecule has 3 aromatic carbocycles. The molecule has 0 bridgehead atoms. The molecule has 33 heavy (non-hydrogen) atoms. The van der Waals surface area contributed by atoms with E-state index in [0.29, 0.717) is 28.4 Å². The highest BCUT2D eigenvalue weighted by molar-refractivity contribution is 8.00. The number of nitrogens with zero attached hydrogens (tertiary/aromatic N) is 3. The van der Waals surface area contributed by atoms with Crippen LogP contribution in [0.1, 0.15) is 13.8 Å². The molecule has 1 atom stereocenters. The largest absolute Gasteiger partial charge is 0.494 e. The molecular weight excluding hydrogens is 434 g/mol. The van der Waals surface area contributed by atoms with Gasteiger partial charge in [-0.25, -0.2) is 4.98 Å². The highest BCUT2D eigenvalue weighted by Crippen LogP contribution is 2.27. The summed E-state index contributed by atoms with van der Waals surface area (Å²) in [5, 5.41) is 0.526. The number of para-hydroxylation sites is 2. The molecule has 4 aromatic rings. The Morgan fingerprint density at radius 3 is 2.39 bits per heavy atom. The Bertz CT molecular complexity index is 1320. The van der Waals surface area contributed by atoms with Crippen molar-refractivity contribution in [1.82, 2.24) is 9.55 Å². The summed E-state index contributed by atoms with van der Waals surface area (Å²) < 4.78 is 7.10. The average Bonchev–Trinajstić information content (AvgIpc) is 2.85. The molecule has 1 amide bonds. The van der Waals surface area contributed by atoms with E-state index in [1.807, 2.05) is 86.6 Å². The van der Waals surface area contributed by atoms with E-state index in [4.69, 9.17) is 9.72 Å². The van der Waals surface area contributed by atoms with Crippen LogP contribution in [0.2, 0.25) is 0 Å². The second-order valence-electron chi connectivity index (χ2n) is 7.47. The molecule has 0 saturated heterocycles. The minimum atomic E-state index is -0.461. The van der Waals surface area contributed by atoms with Crippen LogP contribution in [-0.2, 0) is 4.79 Å². The summed E-state index contributed by atoms with van der Waals surface area (Å²) in [6.07, 6.45) is 0. The van der Waals surface area contributed by atoms with Crippen LogP contribution in [-0.4, -0.2) is 34.4 Å². The molecule has 1 aromatic heterocycles. The van der Waals surface area contributed by atoms with Crippen LogP contribution >= 0.6 is 11.8 Å². The first kappa shape index (κ1) is 22.6. The van der Waals surface area contributed by atoms with E-state index in [1.54, 1.807) is 22.6 Å². The number of benzene rings is 3. The van der Waals surface area contributed by atoms with Gasteiger partial charge in [0, 0.05) is 12.7 Å². The van der Waals surface area contributed by atoms with E-state index in [9.17, 15) is 9.59 Å². The monoisotopic (exact) mass is 459 g/mol. The summed E-state index contributed by atoms with van der Waals surface area (Å²) in [5.74, 6) is 0.650. The van der Waals surface area contributed by atoms with Gasteiger partial charge in [0.2, 0.25) is 5.91 Å². The van der Waals surface area contributed by atoms with E-state index < -0.39 is 5.25 Å². The first-order valence-electron chi connectivity index (χ1n) is 10.7. The number of thioether (sulfide) groups is 1. The maximum atomic E-state index is 13.5. The Balaban J connectivity index is 1.73. The molecule has 0 aliphatic carbocycles. The lowest BCUT2D eigenvalue weighted by Crippen LogP contribution is -2.33. The second-order valence-corrected chi connectivity index (χ2v) is 8.78. The van der Waals surface area contributed by atoms with Crippen molar-refractivity contribution in [3.05, 3.63) is 89.2 Å². The molecule has 0 aliphatic heterocycles. The fraction of sp³-hybridized carbons (Fsp3) is 0.192. The Kier molecular flexibility index (Phi) is 6.79. The number of carbonyl (C=O) groups is 1. The van der Waals surface area contributed by atoms with Crippen molar-refractivity contribution >= 4 is 34.3 Å². The third-order valence-electron chi connectivity index (χ3n) is 5.25. The van der Waals surface area contributed by atoms with Crippen LogP contribution in [0.4, 0.5) is 5.69 Å². The van der Waals surface area contributed by atoms with Gasteiger partial charge in [-0.3, -0.25) is 14.2 Å². The number of amides is 1. The van der Waals surface area contributed by atoms with Gasteiger partial charge in [0.05, 0.1) is 28.4 Å². The minimum absolute atomic E-state index is 0.0770. The first-order valence-corrected chi connectivity index (χ1v) is 11.6. The third-order valence-corrected chi connectivity index (χ3v) is 6.29. The van der Waals surface area contributed by atoms with Crippen molar-refractivity contribution in [1.29, 1.82) is 0 Å². The van der Waals surface area contributed by atoms with Gasteiger partial charge >= 0.3 is 0 Å². The molecule has 1 heterocycles. The standard InChI is InChI=1S/C26H25N3O3S/c1-4-32-21-16-14-20(15-17-21)29-25(31)22-12-8-9-13-23(22)27-26(29)33-18(2)24(30)28(3)19-10-6-5-7-11-19/h5-18H,4H2,1-3H3. The fourth-order valence-corrected chi connectivity index (χ4v) is 4.56. The van der Waals surface area contributed by atoms with Crippen molar-refractivity contribution in [2.45, 2.75) is 24.3 Å². The first-order chi connectivity index (χ1) is 16.0. The van der Waals surface area contributed by atoms with Crippen LogP contribution in [0.15, 0.2) is 88.8 Å². The van der Waals surface area contributed by atoms with E-state index in [0.717, 1.165) is 11.4 Å². The number of ether oxygens (including phenoxy) is 1. The third kappa shape index (κ3) is 4.78. The number of fused-ring (bicyclic) bond motifs is 1. The lowest BCUT2D eigenvalue weighted by molar-refractivity contribution is -0.117. The number of anilines is 1. The molecule has 7 heteroatoms. The van der Waals surface area contributed by atoms with Crippen molar-refractivity contribution in [3.8, 4) is 11.4 Å². The molecule has 0 N–H and O–H groups in total. The molecule has 0 saturated carbocycles. The highest BCUT2D eigenvalue weighted by atomic mass is 32.2. The lowest BCUT2D eigenvalue weighted by Gasteiger charge is -2.22. The van der Waals surface area contributed by atoms with Crippen LogP contribution < -0.4 is 15.2 Å². The number of aromatic nitrogens is 2. The lowest BCUT2D eigenvalue weighted by atomic mass is 10.2. The van der Waals surface area contributed by atoms with Crippen molar-refractivity contribution < 1.29 is 9.53 Å². The van der Waals surface area contributed by atoms with Crippen LogP contribution in [0, 0.1) is 0 Å². The van der Waals surface area contributed by atoms with E-state index in [1.165, 1.54) is 11.8 Å². The molecule has 0 aliphatic rings. The van der Waals surface area contributed by atoms with E-state index in [-0.39, 0.29) is 11.5 Å². The Hall–Kier alpha value is -3.58. The maximum absolute atomic E-state index is 13.5. The predicted octanol–water partition coefficient (Wildman–Crippen LogP) is 4.93.